The Morgan fingerprint density at radius 3 is 2.16 bits per heavy atom. The molecule has 4 rings (SSSR count). The zero-order valence-corrected chi connectivity index (χ0v) is 30.5. The molecule has 1 heterocycles. The van der Waals surface area contributed by atoms with E-state index in [2.05, 4.69) is 74.1 Å². The molecule has 1 aliphatic carbocycles. The highest BCUT2D eigenvalue weighted by Gasteiger charge is 2.61. The predicted octanol–water partition coefficient (Wildman–Crippen LogP) is 10.2. The summed E-state index contributed by atoms with van der Waals surface area (Å²) < 4.78 is 46.9. The topological polar surface area (TPSA) is 38.8 Å². The molecule has 2 aromatic rings. The Labute approximate surface area is 274 Å². The molecule has 2 aliphatic rings. The molecule has 1 aliphatic heterocycles. The molecule has 0 amide bonds. The third kappa shape index (κ3) is 5.41. The third-order valence-corrected chi connectivity index (χ3v) is 11.8. The molecular formula is C40H61NO3. The first-order valence-electron chi connectivity index (χ1n) is 18.5. The number of likely N-dealkylation sites (tertiary alicyclic amines) is 1. The highest BCUT2D eigenvalue weighted by molar-refractivity contribution is 6.05. The largest absolute Gasteiger partial charge is 0.487 e. The fourth-order valence-corrected chi connectivity index (χ4v) is 8.54. The van der Waals surface area contributed by atoms with E-state index in [0.29, 0.717) is 22.6 Å². The molecule has 44 heavy (non-hydrogen) atoms. The first-order valence-corrected chi connectivity index (χ1v) is 16.5. The van der Waals surface area contributed by atoms with Crippen LogP contribution in [-0.2, 0) is 11.0 Å². The van der Waals surface area contributed by atoms with Crippen LogP contribution in [-0.4, -0.2) is 34.5 Å². The van der Waals surface area contributed by atoms with Gasteiger partial charge in [-0.3, -0.25) is 9.69 Å². The molecule has 0 spiro atoms. The first kappa shape index (κ1) is 29.1. The van der Waals surface area contributed by atoms with Crippen LogP contribution >= 0.6 is 0 Å². The standard InChI is InChI=1S/C40H61NO3/c1-25(2)43-31-23-28-32(27(4)34(31)44-35(5,6)7)36(8,9)30(33(28)42)24-40(16)21-22-41(39(14,15)38(40,12)13)37(10,11)29-20-18-17-19-26(29)3/h17-20,23,25,30H,21-22,24H2,1-16H3/i17D,18D,19D,20D. The molecule has 244 valence electrons. The summed E-state index contributed by atoms with van der Waals surface area (Å²) in [5, 5.41) is 0. The van der Waals surface area contributed by atoms with Crippen molar-refractivity contribution < 1.29 is 19.8 Å². The molecule has 0 bridgehead atoms. The van der Waals surface area contributed by atoms with Crippen LogP contribution in [0.2, 0.25) is 0 Å². The lowest BCUT2D eigenvalue weighted by atomic mass is 9.49. The second kappa shape index (κ2) is 10.9. The van der Waals surface area contributed by atoms with Gasteiger partial charge < -0.3 is 9.47 Å². The summed E-state index contributed by atoms with van der Waals surface area (Å²) in [4.78, 5) is 17.0. The fraction of sp³-hybridized carbons (Fsp3) is 0.675. The molecule has 0 aromatic heterocycles. The number of fused-ring (bicyclic) bond motifs is 1. The van der Waals surface area contributed by atoms with E-state index >= 15 is 0 Å². The van der Waals surface area contributed by atoms with E-state index in [4.69, 9.17) is 15.0 Å². The average Bonchev–Trinajstić information content (AvgIpc) is 3.10. The number of carbonyl (C=O) groups is 1. The van der Waals surface area contributed by atoms with Crippen LogP contribution < -0.4 is 9.47 Å². The number of piperidine rings is 1. The van der Waals surface area contributed by atoms with Crippen molar-refractivity contribution in [1.82, 2.24) is 4.90 Å². The fourth-order valence-electron chi connectivity index (χ4n) is 8.54. The summed E-state index contributed by atoms with van der Waals surface area (Å²) in [6.45, 7) is 34.8. The van der Waals surface area contributed by atoms with Crippen molar-refractivity contribution in [1.29, 1.82) is 0 Å². The second-order valence-corrected chi connectivity index (χ2v) is 17.2. The number of hydrogen-bond acceptors (Lipinski definition) is 4. The van der Waals surface area contributed by atoms with E-state index < -0.39 is 22.1 Å². The Bertz CT molecular complexity index is 1600. The van der Waals surface area contributed by atoms with Crippen molar-refractivity contribution >= 4 is 5.78 Å². The van der Waals surface area contributed by atoms with Crippen molar-refractivity contribution in [2.45, 2.75) is 152 Å². The van der Waals surface area contributed by atoms with E-state index in [9.17, 15) is 4.79 Å². The number of ketones is 1. The zero-order chi connectivity index (χ0) is 36.9. The van der Waals surface area contributed by atoms with E-state index in [-0.39, 0.29) is 52.8 Å². The van der Waals surface area contributed by atoms with Gasteiger partial charge >= 0.3 is 0 Å². The van der Waals surface area contributed by atoms with E-state index in [1.807, 2.05) is 47.6 Å². The number of carbonyl (C=O) groups excluding carboxylic acids is 1. The Morgan fingerprint density at radius 1 is 1.00 bits per heavy atom. The Hall–Kier alpha value is -2.33. The number of ether oxygens (including phenoxy) is 2. The van der Waals surface area contributed by atoms with Gasteiger partial charge in [-0.1, -0.05) is 58.8 Å². The van der Waals surface area contributed by atoms with Gasteiger partial charge in [0.1, 0.15) is 5.60 Å². The molecular weight excluding hydrogens is 542 g/mol. The summed E-state index contributed by atoms with van der Waals surface area (Å²) in [5.41, 5.74) is 1.58. The molecule has 0 radical (unpaired) electrons. The summed E-state index contributed by atoms with van der Waals surface area (Å²) >= 11 is 0. The Morgan fingerprint density at radius 2 is 1.59 bits per heavy atom. The van der Waals surface area contributed by atoms with Crippen molar-refractivity contribution in [2.75, 3.05) is 6.54 Å². The minimum Gasteiger partial charge on any atom is -0.487 e. The van der Waals surface area contributed by atoms with Crippen LogP contribution in [0.5, 0.6) is 11.5 Å². The minimum absolute atomic E-state index is 0.0211. The average molecular weight is 608 g/mol. The van der Waals surface area contributed by atoms with Gasteiger partial charge in [0.25, 0.3) is 0 Å². The SMILES string of the molecule is [2H]c1c([2H])c([2H])c(C(C)(C)N2CCC(C)(CC3C(=O)c4cc(OC(C)C)c(OC(C)(C)C)c(C)c4C3(C)C)C(C)(C)C2(C)C)c(C)c1[2H]. The second-order valence-electron chi connectivity index (χ2n) is 17.2. The van der Waals surface area contributed by atoms with Crippen LogP contribution in [0.15, 0.2) is 30.2 Å². The van der Waals surface area contributed by atoms with Crippen molar-refractivity contribution in [2.24, 2.45) is 16.7 Å². The van der Waals surface area contributed by atoms with E-state index in [0.717, 1.165) is 36.1 Å². The minimum atomic E-state index is -0.672. The van der Waals surface area contributed by atoms with Crippen LogP contribution in [0.1, 0.15) is 148 Å². The summed E-state index contributed by atoms with van der Waals surface area (Å²) in [7, 11) is 0. The maximum Gasteiger partial charge on any atom is 0.167 e. The van der Waals surface area contributed by atoms with E-state index in [1.54, 1.807) is 0 Å². The van der Waals surface area contributed by atoms with Gasteiger partial charge in [0, 0.05) is 34.5 Å². The molecule has 1 fully saturated rings. The van der Waals surface area contributed by atoms with Gasteiger partial charge in [-0.25, -0.2) is 0 Å². The lowest BCUT2D eigenvalue weighted by molar-refractivity contribution is -0.164. The van der Waals surface area contributed by atoms with Gasteiger partial charge in [-0.15, -0.1) is 0 Å². The summed E-state index contributed by atoms with van der Waals surface area (Å²) in [5.74, 6) is 1.28. The number of benzene rings is 2. The lowest BCUT2D eigenvalue weighted by Crippen LogP contribution is -2.69. The smallest absolute Gasteiger partial charge is 0.167 e. The highest BCUT2D eigenvalue weighted by atomic mass is 16.5. The summed E-state index contributed by atoms with van der Waals surface area (Å²) in [6, 6.07) is 1.60. The van der Waals surface area contributed by atoms with Gasteiger partial charge in [0.15, 0.2) is 17.3 Å². The number of rotatable bonds is 7. The van der Waals surface area contributed by atoms with E-state index in [1.165, 1.54) is 0 Å². The predicted molar refractivity (Wildman–Crippen MR) is 184 cm³/mol. The van der Waals surface area contributed by atoms with Crippen molar-refractivity contribution in [3.63, 3.8) is 0 Å². The van der Waals surface area contributed by atoms with Gasteiger partial charge in [-0.05, 0) is 128 Å². The molecule has 4 heteroatoms. The lowest BCUT2D eigenvalue weighted by Gasteiger charge is -2.66. The summed E-state index contributed by atoms with van der Waals surface area (Å²) in [6.07, 6.45) is 1.49. The molecule has 1 saturated heterocycles. The maximum absolute atomic E-state index is 14.6. The van der Waals surface area contributed by atoms with Crippen molar-refractivity contribution in [3.8, 4) is 11.5 Å². The van der Waals surface area contributed by atoms with Crippen molar-refractivity contribution in [3.05, 3.63) is 58.1 Å². The number of Topliss-reactive ketones (excluding diaryl/α,β-unsaturated/α-hetero) is 1. The third-order valence-electron chi connectivity index (χ3n) is 11.8. The van der Waals surface area contributed by atoms with Crippen LogP contribution in [0.4, 0.5) is 0 Å². The Kier molecular flexibility index (Phi) is 7.20. The highest BCUT2D eigenvalue weighted by Crippen LogP contribution is 2.62. The monoisotopic (exact) mass is 607 g/mol. The Balaban J connectivity index is 1.78. The molecule has 2 atom stereocenters. The van der Waals surface area contributed by atoms with Crippen LogP contribution in [0.3, 0.4) is 0 Å². The molecule has 2 aromatic carbocycles. The van der Waals surface area contributed by atoms with Gasteiger partial charge in [0.2, 0.25) is 0 Å². The molecule has 0 saturated carbocycles. The number of nitrogens with zero attached hydrogens (tertiary/aromatic N) is 1. The quantitative estimate of drug-likeness (QED) is 0.314. The molecule has 0 N–H and O–H groups in total. The van der Waals surface area contributed by atoms with Gasteiger partial charge in [0.05, 0.1) is 11.6 Å². The van der Waals surface area contributed by atoms with Crippen LogP contribution in [0, 0.1) is 30.6 Å². The van der Waals surface area contributed by atoms with Crippen LogP contribution in [0.25, 0.3) is 0 Å². The molecule has 4 nitrogen and oxygen atoms in total. The normalized spacial score (nSPS) is 26.1. The maximum atomic E-state index is 14.6. The molecule has 2 unspecified atom stereocenters. The zero-order valence-electron chi connectivity index (χ0n) is 34.5. The number of hydrogen-bond donors (Lipinski definition) is 0. The first-order chi connectivity index (χ1) is 21.6. The van der Waals surface area contributed by atoms with Gasteiger partial charge in [-0.2, -0.15) is 0 Å².